The molecule has 0 fully saturated rings. The van der Waals surface area contributed by atoms with Crippen molar-refractivity contribution in [2.45, 2.75) is 6.04 Å². The zero-order valence-electron chi connectivity index (χ0n) is 15.6. The predicted octanol–water partition coefficient (Wildman–Crippen LogP) is 4.28. The predicted molar refractivity (Wildman–Crippen MR) is 120 cm³/mol. The Morgan fingerprint density at radius 3 is 2.20 bits per heavy atom. The molecule has 0 spiro atoms. The van der Waals surface area contributed by atoms with Crippen LogP contribution in [0.5, 0.6) is 5.88 Å². The molecule has 0 aliphatic heterocycles. The summed E-state index contributed by atoms with van der Waals surface area (Å²) in [6.07, 6.45) is 0. The van der Waals surface area contributed by atoms with Crippen LogP contribution in [0, 0.1) is 0 Å². The Kier molecular flexibility index (Phi) is 4.33. The van der Waals surface area contributed by atoms with E-state index in [0.29, 0.717) is 16.3 Å². The molecule has 3 N–H and O–H groups in total. The molecule has 0 saturated heterocycles. The van der Waals surface area contributed by atoms with Gasteiger partial charge in [-0.05, 0) is 35.9 Å². The fourth-order valence-electron chi connectivity index (χ4n) is 3.92. The lowest BCUT2D eigenvalue weighted by Gasteiger charge is -2.21. The summed E-state index contributed by atoms with van der Waals surface area (Å²) in [6.45, 7) is 0. The quantitative estimate of drug-likeness (QED) is 0.374. The Balaban J connectivity index is 1.89. The van der Waals surface area contributed by atoms with Gasteiger partial charge in [0.2, 0.25) is 0 Å². The van der Waals surface area contributed by atoms with Crippen LogP contribution < -0.4 is 11.1 Å². The molecular weight excluding hydrogens is 446 g/mol. The van der Waals surface area contributed by atoms with E-state index in [1.54, 1.807) is 24.3 Å². The molecule has 0 saturated carbocycles. The summed E-state index contributed by atoms with van der Waals surface area (Å²) in [7, 11) is 0. The Hall–Kier alpha value is -3.58. The van der Waals surface area contributed by atoms with Gasteiger partial charge < -0.3 is 10.1 Å². The van der Waals surface area contributed by atoms with E-state index in [4.69, 9.17) is 0 Å². The highest BCUT2D eigenvalue weighted by Gasteiger charge is 2.26. The maximum atomic E-state index is 13.4. The standard InChI is InChI=1S/C23H16BrN3O3/c24-14-11-9-13(10-12-14)20(19-17-7-3-4-8-18(17)25-22(19)29)27-23(30)16-6-2-1-5-15(16)21(28)26-27/h1-12,20,25,29H,(H,26,28). The van der Waals surface area contributed by atoms with Gasteiger partial charge in [-0.2, -0.15) is 0 Å². The number of rotatable bonds is 3. The molecule has 2 heterocycles. The van der Waals surface area contributed by atoms with Gasteiger partial charge in [-0.1, -0.05) is 58.4 Å². The largest absolute Gasteiger partial charge is 0.494 e. The van der Waals surface area contributed by atoms with Crippen molar-refractivity contribution in [1.82, 2.24) is 14.8 Å². The average Bonchev–Trinajstić information content (AvgIpc) is 3.09. The molecule has 0 aliphatic rings. The molecule has 0 radical (unpaired) electrons. The maximum absolute atomic E-state index is 13.4. The van der Waals surface area contributed by atoms with Gasteiger partial charge in [-0.3, -0.25) is 14.7 Å². The normalized spacial score (nSPS) is 12.4. The molecule has 0 amide bonds. The minimum absolute atomic E-state index is 0.0509. The van der Waals surface area contributed by atoms with Crippen molar-refractivity contribution in [3.8, 4) is 5.88 Å². The van der Waals surface area contributed by atoms with E-state index in [0.717, 1.165) is 20.9 Å². The molecule has 1 unspecified atom stereocenters. The van der Waals surface area contributed by atoms with Gasteiger partial charge in [0.05, 0.1) is 16.3 Å². The fourth-order valence-corrected chi connectivity index (χ4v) is 4.18. The number of fused-ring (bicyclic) bond motifs is 2. The number of aromatic nitrogens is 3. The summed E-state index contributed by atoms with van der Waals surface area (Å²) < 4.78 is 2.18. The van der Waals surface area contributed by atoms with E-state index in [1.165, 1.54) is 4.68 Å². The zero-order chi connectivity index (χ0) is 20.8. The van der Waals surface area contributed by atoms with E-state index in [1.807, 2.05) is 48.5 Å². The van der Waals surface area contributed by atoms with Gasteiger partial charge >= 0.3 is 0 Å². The summed E-state index contributed by atoms with van der Waals surface area (Å²) in [6, 6.07) is 20.9. The number of benzene rings is 3. The van der Waals surface area contributed by atoms with E-state index in [2.05, 4.69) is 26.0 Å². The van der Waals surface area contributed by atoms with E-state index < -0.39 is 6.04 Å². The van der Waals surface area contributed by atoms with Crippen molar-refractivity contribution in [3.63, 3.8) is 0 Å². The van der Waals surface area contributed by atoms with Crippen molar-refractivity contribution < 1.29 is 5.11 Å². The third-order valence-electron chi connectivity index (χ3n) is 5.29. The van der Waals surface area contributed by atoms with Gasteiger partial charge in [-0.25, -0.2) is 4.68 Å². The van der Waals surface area contributed by atoms with Gasteiger partial charge in [0.25, 0.3) is 11.1 Å². The lowest BCUT2D eigenvalue weighted by molar-refractivity contribution is 0.439. The molecule has 5 rings (SSSR count). The minimum atomic E-state index is -0.737. The molecule has 0 aliphatic carbocycles. The topological polar surface area (TPSA) is 90.9 Å². The van der Waals surface area contributed by atoms with Crippen LogP contribution >= 0.6 is 15.9 Å². The lowest BCUT2D eigenvalue weighted by Crippen LogP contribution is -2.34. The first-order valence-corrected chi connectivity index (χ1v) is 10.1. The van der Waals surface area contributed by atoms with Crippen LogP contribution in [-0.2, 0) is 0 Å². The van der Waals surface area contributed by atoms with Crippen LogP contribution in [0.15, 0.2) is 86.9 Å². The summed E-state index contributed by atoms with van der Waals surface area (Å²) in [5.74, 6) is -0.0509. The number of nitrogens with zero attached hydrogens (tertiary/aromatic N) is 1. The number of hydrogen-bond donors (Lipinski definition) is 3. The van der Waals surface area contributed by atoms with Gasteiger partial charge in [0.1, 0.15) is 6.04 Å². The fraction of sp³-hybridized carbons (Fsp3) is 0.0435. The smallest absolute Gasteiger partial charge is 0.274 e. The Morgan fingerprint density at radius 1 is 0.833 bits per heavy atom. The first-order valence-electron chi connectivity index (χ1n) is 9.33. The molecule has 3 aromatic carbocycles. The number of hydrogen-bond acceptors (Lipinski definition) is 3. The second kappa shape index (κ2) is 7.03. The lowest BCUT2D eigenvalue weighted by atomic mass is 9.97. The summed E-state index contributed by atoms with van der Waals surface area (Å²) in [5, 5.41) is 14.9. The summed E-state index contributed by atoms with van der Waals surface area (Å²) in [5.41, 5.74) is 1.28. The summed E-state index contributed by atoms with van der Waals surface area (Å²) in [4.78, 5) is 29.1. The van der Waals surface area contributed by atoms with Crippen LogP contribution in [0.2, 0.25) is 0 Å². The minimum Gasteiger partial charge on any atom is -0.494 e. The molecule has 30 heavy (non-hydrogen) atoms. The second-order valence-corrected chi connectivity index (χ2v) is 7.96. The van der Waals surface area contributed by atoms with Crippen molar-refractivity contribution >= 4 is 37.6 Å². The Labute approximate surface area is 178 Å². The molecule has 1 atom stereocenters. The highest BCUT2D eigenvalue weighted by atomic mass is 79.9. The number of aromatic amines is 2. The molecule has 6 nitrogen and oxygen atoms in total. The van der Waals surface area contributed by atoms with Crippen LogP contribution in [0.25, 0.3) is 21.7 Å². The van der Waals surface area contributed by atoms with E-state index >= 15 is 0 Å². The monoisotopic (exact) mass is 461 g/mol. The first kappa shape index (κ1) is 18.4. The highest BCUT2D eigenvalue weighted by molar-refractivity contribution is 9.10. The number of aromatic hydroxyl groups is 1. The summed E-state index contributed by atoms with van der Waals surface area (Å²) >= 11 is 3.43. The third kappa shape index (κ3) is 2.86. The van der Waals surface area contributed by atoms with E-state index in [9.17, 15) is 14.7 Å². The number of para-hydroxylation sites is 1. The number of nitrogens with one attached hydrogen (secondary N) is 2. The molecule has 148 valence electrons. The zero-order valence-corrected chi connectivity index (χ0v) is 17.2. The van der Waals surface area contributed by atoms with Crippen LogP contribution in [0.1, 0.15) is 17.2 Å². The third-order valence-corrected chi connectivity index (χ3v) is 5.81. The van der Waals surface area contributed by atoms with Crippen molar-refractivity contribution in [1.29, 1.82) is 0 Å². The van der Waals surface area contributed by atoms with Gasteiger partial charge in [0, 0.05) is 15.4 Å². The van der Waals surface area contributed by atoms with Crippen LogP contribution in [0.3, 0.4) is 0 Å². The molecule has 5 aromatic rings. The van der Waals surface area contributed by atoms with Crippen LogP contribution in [-0.4, -0.2) is 19.9 Å². The van der Waals surface area contributed by atoms with Crippen molar-refractivity contribution in [2.75, 3.05) is 0 Å². The van der Waals surface area contributed by atoms with Crippen molar-refractivity contribution in [2.24, 2.45) is 0 Å². The molecule has 7 heteroatoms. The molecular formula is C23H16BrN3O3. The number of H-pyrrole nitrogens is 2. The molecule has 0 bridgehead atoms. The average molecular weight is 462 g/mol. The first-order chi connectivity index (χ1) is 14.5. The SMILES string of the molecule is O=c1[nH]n(C(c2ccc(Br)cc2)c2c(O)[nH]c3ccccc23)c(=O)c2ccccc12. The van der Waals surface area contributed by atoms with E-state index in [-0.39, 0.29) is 17.0 Å². The van der Waals surface area contributed by atoms with Crippen LogP contribution in [0.4, 0.5) is 0 Å². The van der Waals surface area contributed by atoms with Gasteiger partial charge in [-0.15, -0.1) is 0 Å². The Morgan fingerprint density at radius 2 is 1.47 bits per heavy atom. The van der Waals surface area contributed by atoms with Crippen molar-refractivity contribution in [3.05, 3.63) is 109 Å². The highest BCUT2D eigenvalue weighted by Crippen LogP contribution is 2.37. The Bertz CT molecular complexity index is 1510. The second-order valence-electron chi connectivity index (χ2n) is 7.05. The maximum Gasteiger partial charge on any atom is 0.274 e. The van der Waals surface area contributed by atoms with Gasteiger partial charge in [0.15, 0.2) is 5.88 Å². The number of halogens is 1. The molecule has 2 aromatic heterocycles.